The fraction of sp³-hybridized carbons (Fsp3) is 0.417. The molecule has 16 heavy (non-hydrogen) atoms. The molecule has 2 nitrogen and oxygen atoms in total. The molecule has 1 N–H and O–H groups in total. The highest BCUT2D eigenvalue weighted by Crippen LogP contribution is 2.10. The molecule has 0 aliphatic heterocycles. The lowest BCUT2D eigenvalue weighted by Gasteiger charge is -2.14. The van der Waals surface area contributed by atoms with Gasteiger partial charge in [0, 0.05) is 16.9 Å². The number of alkyl halides is 1. The molecule has 0 fully saturated rings. The summed E-state index contributed by atoms with van der Waals surface area (Å²) in [4.78, 5) is 11.9. The smallest absolute Gasteiger partial charge is 0.251 e. The normalized spacial score (nSPS) is 12.2. The summed E-state index contributed by atoms with van der Waals surface area (Å²) < 4.78 is 12.9. The number of hydrogen-bond donors (Lipinski definition) is 1. The lowest BCUT2D eigenvalue weighted by Crippen LogP contribution is -2.35. The first-order valence-corrected chi connectivity index (χ1v) is 6.33. The van der Waals surface area contributed by atoms with Crippen LogP contribution in [0, 0.1) is 12.7 Å². The van der Waals surface area contributed by atoms with Gasteiger partial charge in [-0.15, -0.1) is 0 Å². The molecule has 1 amide bonds. The Hall–Kier alpha value is -0.900. The van der Waals surface area contributed by atoms with E-state index < -0.39 is 0 Å². The van der Waals surface area contributed by atoms with E-state index in [4.69, 9.17) is 0 Å². The van der Waals surface area contributed by atoms with Crippen LogP contribution in [0.3, 0.4) is 0 Å². The van der Waals surface area contributed by atoms with Crippen LogP contribution in [0.25, 0.3) is 0 Å². The molecule has 1 aromatic rings. The van der Waals surface area contributed by atoms with Crippen molar-refractivity contribution in [2.24, 2.45) is 0 Å². The van der Waals surface area contributed by atoms with Crippen molar-refractivity contribution in [3.63, 3.8) is 0 Å². The predicted octanol–water partition coefficient (Wildman–Crippen LogP) is 3.04. The van der Waals surface area contributed by atoms with Crippen molar-refractivity contribution < 1.29 is 9.18 Å². The largest absolute Gasteiger partial charge is 0.348 e. The van der Waals surface area contributed by atoms with E-state index in [1.807, 2.05) is 6.92 Å². The van der Waals surface area contributed by atoms with Crippen LogP contribution < -0.4 is 5.32 Å². The molecule has 0 bridgehead atoms. The Labute approximate surface area is 103 Å². The molecule has 1 aromatic carbocycles. The maximum Gasteiger partial charge on any atom is 0.251 e. The fourth-order valence-corrected chi connectivity index (χ4v) is 2.01. The molecule has 1 atom stereocenters. The number of halogens is 2. The Morgan fingerprint density at radius 1 is 1.56 bits per heavy atom. The quantitative estimate of drug-likeness (QED) is 0.848. The van der Waals surface area contributed by atoms with Crippen molar-refractivity contribution in [3.8, 4) is 0 Å². The highest BCUT2D eigenvalue weighted by Gasteiger charge is 2.13. The molecule has 0 aromatic heterocycles. The summed E-state index contributed by atoms with van der Waals surface area (Å²) in [6.45, 7) is 3.73. The second kappa shape index (κ2) is 5.99. The van der Waals surface area contributed by atoms with E-state index in [0.717, 1.165) is 11.8 Å². The minimum Gasteiger partial charge on any atom is -0.348 e. The van der Waals surface area contributed by atoms with Gasteiger partial charge in [0.05, 0.1) is 0 Å². The highest BCUT2D eigenvalue weighted by atomic mass is 79.9. The average molecular weight is 288 g/mol. The van der Waals surface area contributed by atoms with Gasteiger partial charge in [0.15, 0.2) is 0 Å². The SMILES string of the molecule is CCC(CBr)NC(=O)c1ccc(F)cc1C. The van der Waals surface area contributed by atoms with Crippen molar-refractivity contribution in [2.45, 2.75) is 26.3 Å². The Morgan fingerprint density at radius 3 is 2.75 bits per heavy atom. The number of aryl methyl sites for hydroxylation is 1. The average Bonchev–Trinajstić information content (AvgIpc) is 2.25. The van der Waals surface area contributed by atoms with Crippen LogP contribution in [0.2, 0.25) is 0 Å². The Balaban J connectivity index is 2.80. The van der Waals surface area contributed by atoms with E-state index in [-0.39, 0.29) is 17.8 Å². The number of carbonyl (C=O) groups is 1. The van der Waals surface area contributed by atoms with Crippen LogP contribution in [0.15, 0.2) is 18.2 Å². The lowest BCUT2D eigenvalue weighted by molar-refractivity contribution is 0.0939. The number of carbonyl (C=O) groups excluding carboxylic acids is 1. The Morgan fingerprint density at radius 2 is 2.25 bits per heavy atom. The third-order valence-corrected chi connectivity index (χ3v) is 3.23. The number of nitrogens with one attached hydrogen (secondary N) is 1. The second-order valence-electron chi connectivity index (χ2n) is 3.69. The van der Waals surface area contributed by atoms with E-state index in [1.165, 1.54) is 18.2 Å². The standard InChI is InChI=1S/C12H15BrFNO/c1-3-10(7-13)15-12(16)11-5-4-9(14)6-8(11)2/h4-6,10H,3,7H2,1-2H3,(H,15,16). The third-order valence-electron chi connectivity index (χ3n) is 2.45. The van der Waals surface area contributed by atoms with Crippen LogP contribution in [-0.4, -0.2) is 17.3 Å². The summed E-state index contributed by atoms with van der Waals surface area (Å²) in [7, 11) is 0. The maximum atomic E-state index is 12.9. The van der Waals surface area contributed by atoms with E-state index in [2.05, 4.69) is 21.2 Å². The highest BCUT2D eigenvalue weighted by molar-refractivity contribution is 9.09. The van der Waals surface area contributed by atoms with Gasteiger partial charge in [-0.05, 0) is 37.1 Å². The minimum atomic E-state index is -0.318. The van der Waals surface area contributed by atoms with Gasteiger partial charge in [-0.2, -0.15) is 0 Å². The molecule has 0 aliphatic rings. The molecule has 4 heteroatoms. The monoisotopic (exact) mass is 287 g/mol. The number of rotatable bonds is 4. The first-order valence-electron chi connectivity index (χ1n) is 5.21. The van der Waals surface area contributed by atoms with Crippen molar-refractivity contribution >= 4 is 21.8 Å². The van der Waals surface area contributed by atoms with Gasteiger partial charge in [0.1, 0.15) is 5.82 Å². The molecular formula is C12H15BrFNO. The van der Waals surface area contributed by atoms with E-state index in [1.54, 1.807) is 6.92 Å². The zero-order chi connectivity index (χ0) is 12.1. The van der Waals surface area contributed by atoms with E-state index in [9.17, 15) is 9.18 Å². The number of amides is 1. The zero-order valence-corrected chi connectivity index (χ0v) is 11.0. The predicted molar refractivity (Wildman–Crippen MR) is 66.5 cm³/mol. The summed E-state index contributed by atoms with van der Waals surface area (Å²) in [6, 6.07) is 4.29. The van der Waals surface area contributed by atoms with Crippen molar-refractivity contribution in [1.29, 1.82) is 0 Å². The second-order valence-corrected chi connectivity index (χ2v) is 4.34. The van der Waals surface area contributed by atoms with Gasteiger partial charge in [0.2, 0.25) is 0 Å². The van der Waals surface area contributed by atoms with Crippen LogP contribution in [0.1, 0.15) is 29.3 Å². The summed E-state index contributed by atoms with van der Waals surface area (Å²) in [5.74, 6) is -0.467. The molecular weight excluding hydrogens is 273 g/mol. The first kappa shape index (κ1) is 13.2. The molecule has 0 spiro atoms. The molecule has 0 aliphatic carbocycles. The van der Waals surface area contributed by atoms with E-state index >= 15 is 0 Å². The molecule has 0 saturated heterocycles. The zero-order valence-electron chi connectivity index (χ0n) is 9.39. The van der Waals surface area contributed by atoms with Crippen molar-refractivity contribution in [3.05, 3.63) is 35.1 Å². The molecule has 0 saturated carbocycles. The summed E-state index contributed by atoms with van der Waals surface area (Å²) in [5.41, 5.74) is 1.18. The van der Waals surface area contributed by atoms with Crippen LogP contribution in [-0.2, 0) is 0 Å². The molecule has 1 unspecified atom stereocenters. The Bertz CT molecular complexity index is 377. The number of hydrogen-bond acceptors (Lipinski definition) is 1. The van der Waals surface area contributed by atoms with E-state index in [0.29, 0.717) is 11.1 Å². The van der Waals surface area contributed by atoms with Crippen LogP contribution >= 0.6 is 15.9 Å². The van der Waals surface area contributed by atoms with Crippen LogP contribution in [0.5, 0.6) is 0 Å². The lowest BCUT2D eigenvalue weighted by atomic mass is 10.1. The van der Waals surface area contributed by atoms with Gasteiger partial charge in [0.25, 0.3) is 5.91 Å². The summed E-state index contributed by atoms with van der Waals surface area (Å²) in [5, 5.41) is 3.60. The molecule has 1 rings (SSSR count). The van der Waals surface area contributed by atoms with Crippen molar-refractivity contribution in [1.82, 2.24) is 5.32 Å². The number of benzene rings is 1. The first-order chi connectivity index (χ1) is 7.58. The van der Waals surface area contributed by atoms with Gasteiger partial charge < -0.3 is 5.32 Å². The van der Waals surface area contributed by atoms with Crippen LogP contribution in [0.4, 0.5) is 4.39 Å². The third kappa shape index (κ3) is 3.30. The topological polar surface area (TPSA) is 29.1 Å². The molecule has 88 valence electrons. The Kier molecular flexibility index (Phi) is 4.93. The maximum absolute atomic E-state index is 12.9. The van der Waals surface area contributed by atoms with Gasteiger partial charge >= 0.3 is 0 Å². The summed E-state index contributed by atoms with van der Waals surface area (Å²) in [6.07, 6.45) is 0.858. The van der Waals surface area contributed by atoms with Gasteiger partial charge in [-0.25, -0.2) is 4.39 Å². The fourth-order valence-electron chi connectivity index (χ4n) is 1.39. The van der Waals surface area contributed by atoms with Gasteiger partial charge in [-0.1, -0.05) is 22.9 Å². The van der Waals surface area contributed by atoms with Crippen molar-refractivity contribution in [2.75, 3.05) is 5.33 Å². The molecule has 0 radical (unpaired) electrons. The van der Waals surface area contributed by atoms with Gasteiger partial charge in [-0.3, -0.25) is 4.79 Å². The minimum absolute atomic E-state index is 0.108. The summed E-state index contributed by atoms with van der Waals surface area (Å²) >= 11 is 3.33. The molecule has 0 heterocycles.